The van der Waals surface area contributed by atoms with Crippen LogP contribution in [0.5, 0.6) is 0 Å². The van der Waals surface area contributed by atoms with Crippen LogP contribution in [0, 0.1) is 0 Å². The number of likely N-dealkylation sites (tertiary alicyclic amines) is 1. The van der Waals surface area contributed by atoms with E-state index < -0.39 is 0 Å². The zero-order chi connectivity index (χ0) is 13.2. The summed E-state index contributed by atoms with van der Waals surface area (Å²) < 4.78 is 0. The number of nitrogens with zero attached hydrogens (tertiary/aromatic N) is 1. The van der Waals surface area contributed by atoms with E-state index in [-0.39, 0.29) is 5.91 Å². The Labute approximate surface area is 113 Å². The Morgan fingerprint density at radius 3 is 3.05 bits per heavy atom. The third kappa shape index (κ3) is 2.14. The number of hydrogen-bond donors (Lipinski definition) is 1. The third-order valence-corrected chi connectivity index (χ3v) is 4.18. The number of fused-ring (bicyclic) bond motifs is 1. The summed E-state index contributed by atoms with van der Waals surface area (Å²) in [5.74, 6) is 0.184. The highest BCUT2D eigenvalue weighted by atomic mass is 16.2. The van der Waals surface area contributed by atoms with Crippen molar-refractivity contribution in [2.75, 3.05) is 6.54 Å². The summed E-state index contributed by atoms with van der Waals surface area (Å²) in [5.41, 5.74) is 1.85. The van der Waals surface area contributed by atoms with E-state index in [0.29, 0.717) is 6.04 Å². The van der Waals surface area contributed by atoms with E-state index in [1.165, 1.54) is 6.42 Å². The topological polar surface area (TPSA) is 36.1 Å². The molecule has 1 aromatic carbocycles. The van der Waals surface area contributed by atoms with E-state index in [9.17, 15) is 4.79 Å². The molecule has 3 heteroatoms. The van der Waals surface area contributed by atoms with E-state index in [1.807, 2.05) is 30.5 Å². The van der Waals surface area contributed by atoms with Crippen molar-refractivity contribution >= 4 is 16.8 Å². The maximum Gasteiger partial charge on any atom is 0.256 e. The third-order valence-electron chi connectivity index (χ3n) is 4.18. The molecule has 0 saturated carbocycles. The summed E-state index contributed by atoms with van der Waals surface area (Å²) in [4.78, 5) is 18.0. The predicted octanol–water partition coefficient (Wildman–Crippen LogP) is 3.57. The molecular weight excluding hydrogens is 236 g/mol. The average molecular weight is 256 g/mol. The van der Waals surface area contributed by atoms with E-state index in [2.05, 4.69) is 16.8 Å². The van der Waals surface area contributed by atoms with Crippen LogP contribution in [0.1, 0.15) is 43.0 Å². The normalized spacial score (nSPS) is 19.8. The molecule has 3 rings (SSSR count). The Morgan fingerprint density at radius 1 is 1.37 bits per heavy atom. The molecule has 1 aromatic heterocycles. The van der Waals surface area contributed by atoms with Gasteiger partial charge in [-0.25, -0.2) is 0 Å². The lowest BCUT2D eigenvalue weighted by molar-refractivity contribution is 0.0610. The standard InChI is InChI=1S/C16H20N2O/c1-2-12-7-5-6-10-18(12)16(19)14-11-17-15-9-4-3-8-13(14)15/h3-4,8-9,11-12,17H,2,5-7,10H2,1H3. The number of para-hydroxylation sites is 1. The molecule has 1 aliphatic heterocycles. The molecule has 19 heavy (non-hydrogen) atoms. The zero-order valence-electron chi connectivity index (χ0n) is 11.4. The molecule has 1 saturated heterocycles. The smallest absolute Gasteiger partial charge is 0.256 e. The minimum absolute atomic E-state index is 0.184. The van der Waals surface area contributed by atoms with E-state index >= 15 is 0 Å². The molecule has 2 heterocycles. The highest BCUT2D eigenvalue weighted by Gasteiger charge is 2.27. The molecule has 0 spiro atoms. The second kappa shape index (κ2) is 5.08. The van der Waals surface area contributed by atoms with Gasteiger partial charge in [-0.3, -0.25) is 4.79 Å². The number of H-pyrrole nitrogens is 1. The fraction of sp³-hybridized carbons (Fsp3) is 0.438. The van der Waals surface area contributed by atoms with Crippen molar-refractivity contribution in [3.05, 3.63) is 36.0 Å². The zero-order valence-corrected chi connectivity index (χ0v) is 11.4. The molecule has 3 nitrogen and oxygen atoms in total. The second-order valence-electron chi connectivity index (χ2n) is 5.30. The van der Waals surface area contributed by atoms with Crippen molar-refractivity contribution in [3.8, 4) is 0 Å². The van der Waals surface area contributed by atoms with E-state index in [0.717, 1.165) is 42.3 Å². The summed E-state index contributed by atoms with van der Waals surface area (Å²) in [5, 5.41) is 1.04. The summed E-state index contributed by atoms with van der Waals surface area (Å²) in [6.07, 6.45) is 6.42. The van der Waals surface area contributed by atoms with E-state index in [4.69, 9.17) is 0 Å². The Bertz CT molecular complexity index is 587. The molecule has 1 atom stereocenters. The van der Waals surface area contributed by atoms with Crippen molar-refractivity contribution in [1.29, 1.82) is 0 Å². The molecule has 1 amide bonds. The highest BCUT2D eigenvalue weighted by Crippen LogP contribution is 2.25. The van der Waals surface area contributed by atoms with Gasteiger partial charge in [-0.05, 0) is 31.7 Å². The SMILES string of the molecule is CCC1CCCCN1C(=O)c1c[nH]c2ccccc12. The van der Waals surface area contributed by atoms with Crippen LogP contribution < -0.4 is 0 Å². The van der Waals surface area contributed by atoms with Gasteiger partial charge in [-0.2, -0.15) is 0 Å². The molecule has 1 fully saturated rings. The summed E-state index contributed by atoms with van der Waals surface area (Å²) in [6, 6.07) is 8.42. The van der Waals surface area contributed by atoms with Gasteiger partial charge in [0, 0.05) is 29.7 Å². The summed E-state index contributed by atoms with van der Waals surface area (Å²) in [7, 11) is 0. The molecule has 0 bridgehead atoms. The van der Waals surface area contributed by atoms with Crippen LogP contribution in [0.2, 0.25) is 0 Å². The first-order valence-electron chi connectivity index (χ1n) is 7.18. The minimum atomic E-state index is 0.184. The van der Waals surface area contributed by atoms with Gasteiger partial charge in [-0.1, -0.05) is 25.1 Å². The maximum absolute atomic E-state index is 12.8. The number of piperidine rings is 1. The first-order valence-corrected chi connectivity index (χ1v) is 7.18. The van der Waals surface area contributed by atoms with Crippen LogP contribution >= 0.6 is 0 Å². The van der Waals surface area contributed by atoms with Crippen LogP contribution in [0.3, 0.4) is 0 Å². The Hall–Kier alpha value is -1.77. The van der Waals surface area contributed by atoms with Gasteiger partial charge in [0.1, 0.15) is 0 Å². The number of amides is 1. The lowest BCUT2D eigenvalue weighted by atomic mass is 9.99. The average Bonchev–Trinajstić information content (AvgIpc) is 2.90. The van der Waals surface area contributed by atoms with Crippen molar-refractivity contribution < 1.29 is 4.79 Å². The molecule has 0 radical (unpaired) electrons. The predicted molar refractivity (Wildman–Crippen MR) is 77.3 cm³/mol. The monoisotopic (exact) mass is 256 g/mol. The Kier molecular flexibility index (Phi) is 3.28. The highest BCUT2D eigenvalue weighted by molar-refractivity contribution is 6.06. The Balaban J connectivity index is 1.94. The second-order valence-corrected chi connectivity index (χ2v) is 5.30. The summed E-state index contributed by atoms with van der Waals surface area (Å²) >= 11 is 0. The molecule has 1 N–H and O–H groups in total. The van der Waals surface area contributed by atoms with Gasteiger partial charge in [0.15, 0.2) is 0 Å². The van der Waals surface area contributed by atoms with Crippen molar-refractivity contribution in [1.82, 2.24) is 9.88 Å². The fourth-order valence-corrected chi connectivity index (χ4v) is 3.10. The number of carbonyl (C=O) groups excluding carboxylic acids is 1. The van der Waals surface area contributed by atoms with Crippen LogP contribution in [-0.4, -0.2) is 28.4 Å². The van der Waals surface area contributed by atoms with Crippen molar-refractivity contribution in [3.63, 3.8) is 0 Å². The minimum Gasteiger partial charge on any atom is -0.360 e. The first-order chi connectivity index (χ1) is 9.31. The largest absolute Gasteiger partial charge is 0.360 e. The number of rotatable bonds is 2. The Morgan fingerprint density at radius 2 is 2.21 bits per heavy atom. The number of aromatic amines is 1. The molecule has 100 valence electrons. The molecular formula is C16H20N2O. The number of benzene rings is 1. The number of nitrogens with one attached hydrogen (secondary N) is 1. The molecule has 1 aliphatic rings. The van der Waals surface area contributed by atoms with Crippen molar-refractivity contribution in [2.24, 2.45) is 0 Å². The van der Waals surface area contributed by atoms with Crippen LogP contribution in [0.25, 0.3) is 10.9 Å². The lowest BCUT2D eigenvalue weighted by Crippen LogP contribution is -2.43. The van der Waals surface area contributed by atoms with Crippen LogP contribution in [-0.2, 0) is 0 Å². The van der Waals surface area contributed by atoms with Gasteiger partial charge in [0.2, 0.25) is 0 Å². The van der Waals surface area contributed by atoms with E-state index in [1.54, 1.807) is 0 Å². The summed E-state index contributed by atoms with van der Waals surface area (Å²) in [6.45, 7) is 3.07. The fourth-order valence-electron chi connectivity index (χ4n) is 3.10. The number of carbonyl (C=O) groups is 1. The van der Waals surface area contributed by atoms with Gasteiger partial charge >= 0.3 is 0 Å². The van der Waals surface area contributed by atoms with Gasteiger partial charge in [0.05, 0.1) is 5.56 Å². The molecule has 1 unspecified atom stereocenters. The quantitative estimate of drug-likeness (QED) is 0.876. The van der Waals surface area contributed by atoms with Crippen LogP contribution in [0.4, 0.5) is 0 Å². The molecule has 2 aromatic rings. The first kappa shape index (κ1) is 12.3. The number of aromatic nitrogens is 1. The van der Waals surface area contributed by atoms with Crippen molar-refractivity contribution in [2.45, 2.75) is 38.6 Å². The maximum atomic E-state index is 12.8. The molecule has 0 aliphatic carbocycles. The number of hydrogen-bond acceptors (Lipinski definition) is 1. The van der Waals surface area contributed by atoms with Gasteiger partial charge in [-0.15, -0.1) is 0 Å². The van der Waals surface area contributed by atoms with Gasteiger partial charge in [0.25, 0.3) is 5.91 Å². The lowest BCUT2D eigenvalue weighted by Gasteiger charge is -2.35. The van der Waals surface area contributed by atoms with Crippen LogP contribution in [0.15, 0.2) is 30.5 Å². The van der Waals surface area contributed by atoms with Gasteiger partial charge < -0.3 is 9.88 Å².